The minimum Gasteiger partial charge on any atom is -0.509 e. The monoisotopic (exact) mass is 824 g/mol. The molecule has 0 saturated carbocycles. The van der Waals surface area contributed by atoms with Crippen LogP contribution in [0, 0.1) is 18.8 Å². The Labute approximate surface area is 305 Å². The van der Waals surface area contributed by atoms with Crippen LogP contribution in [0.1, 0.15) is 0 Å². The van der Waals surface area contributed by atoms with Crippen LogP contribution >= 0.6 is 0 Å². The molecule has 0 atom stereocenters. The molecular weight excluding hydrogens is 796 g/mol. The molecule has 7 aromatic carbocycles. The quantitative estimate of drug-likeness (QED) is 0.150. The summed E-state index contributed by atoms with van der Waals surface area (Å²) >= 11 is 0. The predicted molar refractivity (Wildman–Crippen MR) is 198 cm³/mol. The SMILES string of the molecule is [Pt].[c-]1c(Oc2[c-]c(-n3cccn3)ccc2)cccc1N1[CH-]N(c2c(-c3ccccc3)cccc2-c2ccccc2)c2c1ccc1ccccc21. The normalized spacial score (nSPS) is 12.1. The number of hydrogen-bond acceptors (Lipinski definition) is 4. The average Bonchev–Trinajstić information content (AvgIpc) is 3.85. The first-order valence-corrected chi connectivity index (χ1v) is 16.2. The maximum Gasteiger partial charge on any atom is 0.0493 e. The van der Waals surface area contributed by atoms with E-state index in [0.717, 1.165) is 56.1 Å². The van der Waals surface area contributed by atoms with Crippen molar-refractivity contribution in [2.24, 2.45) is 0 Å². The van der Waals surface area contributed by atoms with E-state index in [9.17, 15) is 0 Å². The van der Waals surface area contributed by atoms with Crippen LogP contribution in [0.5, 0.6) is 11.5 Å². The molecule has 0 amide bonds. The third-order valence-electron chi connectivity index (χ3n) is 8.79. The van der Waals surface area contributed by atoms with E-state index in [1.54, 1.807) is 10.9 Å². The molecule has 1 aliphatic rings. The zero-order valence-corrected chi connectivity index (χ0v) is 29.0. The second kappa shape index (κ2) is 13.5. The first-order valence-electron chi connectivity index (χ1n) is 16.2. The third-order valence-corrected chi connectivity index (χ3v) is 8.79. The standard InChI is InChI=1S/C44H29N4O.Pt/c1-3-13-32(14-4-1)39-23-11-24-40(33-15-5-2-6-16-33)43(39)47-31-46(42-26-25-34-17-7-8-22-41(34)44(42)47)35-18-9-20-37(29-35)49-38-21-10-19-36(30-38)48-28-12-27-45-48;/h1-28,31H;/q-3;. The number of fused-ring (bicyclic) bond motifs is 3. The minimum atomic E-state index is 0. The van der Waals surface area contributed by atoms with Gasteiger partial charge in [0.2, 0.25) is 0 Å². The summed E-state index contributed by atoms with van der Waals surface area (Å²) < 4.78 is 8.10. The molecule has 0 unspecified atom stereocenters. The Morgan fingerprint density at radius 3 is 1.82 bits per heavy atom. The Hall–Kier alpha value is -5.90. The van der Waals surface area contributed by atoms with Crippen molar-refractivity contribution in [2.75, 3.05) is 9.80 Å². The molecule has 0 radical (unpaired) electrons. The van der Waals surface area contributed by atoms with Gasteiger partial charge in [0.15, 0.2) is 0 Å². The van der Waals surface area contributed by atoms with Crippen LogP contribution < -0.4 is 14.5 Å². The topological polar surface area (TPSA) is 33.5 Å². The Morgan fingerprint density at radius 1 is 0.520 bits per heavy atom. The van der Waals surface area contributed by atoms with Crippen molar-refractivity contribution in [3.63, 3.8) is 0 Å². The van der Waals surface area contributed by atoms with Gasteiger partial charge in [-0.3, -0.25) is 4.68 Å². The molecule has 9 rings (SSSR count). The fraction of sp³-hybridized carbons (Fsp3) is 0. The number of ether oxygens (including phenoxy) is 1. The van der Waals surface area contributed by atoms with Gasteiger partial charge in [-0.05, 0) is 34.3 Å². The van der Waals surface area contributed by atoms with Crippen molar-refractivity contribution < 1.29 is 25.8 Å². The van der Waals surface area contributed by atoms with E-state index in [2.05, 4.69) is 155 Å². The van der Waals surface area contributed by atoms with E-state index >= 15 is 0 Å². The van der Waals surface area contributed by atoms with E-state index < -0.39 is 0 Å². The van der Waals surface area contributed by atoms with Gasteiger partial charge in [0.1, 0.15) is 0 Å². The molecule has 2 heterocycles. The van der Waals surface area contributed by atoms with Crippen molar-refractivity contribution in [2.45, 2.75) is 0 Å². The first-order chi connectivity index (χ1) is 24.3. The number of benzene rings is 7. The summed E-state index contributed by atoms with van der Waals surface area (Å²) in [6, 6.07) is 61.3. The van der Waals surface area contributed by atoms with Crippen molar-refractivity contribution in [1.82, 2.24) is 9.78 Å². The van der Waals surface area contributed by atoms with Gasteiger partial charge in [0.25, 0.3) is 0 Å². The molecular formula is C44H29N4OPt-3. The van der Waals surface area contributed by atoms with Crippen molar-refractivity contribution in [1.29, 1.82) is 0 Å². The number of aromatic nitrogens is 2. The average molecular weight is 825 g/mol. The molecule has 1 aliphatic heterocycles. The smallest absolute Gasteiger partial charge is 0.0493 e. The van der Waals surface area contributed by atoms with Crippen LogP contribution in [0.4, 0.5) is 22.7 Å². The Balaban J connectivity index is 0.00000361. The van der Waals surface area contributed by atoms with Gasteiger partial charge in [-0.15, -0.1) is 48.8 Å². The summed E-state index contributed by atoms with van der Waals surface area (Å²) in [6.07, 6.45) is 3.63. The minimum absolute atomic E-state index is 0. The van der Waals surface area contributed by atoms with Crippen LogP contribution in [-0.4, -0.2) is 9.78 Å². The maximum atomic E-state index is 6.33. The summed E-state index contributed by atoms with van der Waals surface area (Å²) in [6.45, 7) is 2.19. The molecule has 0 spiro atoms. The number of anilines is 4. The van der Waals surface area contributed by atoms with Crippen molar-refractivity contribution in [3.05, 3.63) is 189 Å². The summed E-state index contributed by atoms with van der Waals surface area (Å²) in [7, 11) is 0. The largest absolute Gasteiger partial charge is 0.509 e. The summed E-state index contributed by atoms with van der Waals surface area (Å²) in [5.41, 5.74) is 9.53. The molecule has 1 aromatic heterocycles. The Kier molecular flexibility index (Phi) is 8.50. The molecule has 0 bridgehead atoms. The number of nitrogens with zero attached hydrogens (tertiary/aromatic N) is 4. The summed E-state index contributed by atoms with van der Waals surface area (Å²) in [5.74, 6) is 1.18. The Morgan fingerprint density at radius 2 is 1.14 bits per heavy atom. The molecule has 50 heavy (non-hydrogen) atoms. The van der Waals surface area contributed by atoms with Crippen LogP contribution in [0.2, 0.25) is 0 Å². The zero-order valence-electron chi connectivity index (χ0n) is 26.8. The summed E-state index contributed by atoms with van der Waals surface area (Å²) in [5, 5.41) is 6.67. The molecule has 8 aromatic rings. The molecule has 6 heteroatoms. The zero-order chi connectivity index (χ0) is 32.6. The van der Waals surface area contributed by atoms with Gasteiger partial charge in [-0.25, -0.2) is 0 Å². The van der Waals surface area contributed by atoms with E-state index in [-0.39, 0.29) is 21.1 Å². The first kappa shape index (κ1) is 31.4. The van der Waals surface area contributed by atoms with Gasteiger partial charge in [-0.2, -0.15) is 17.2 Å². The van der Waals surface area contributed by atoms with Crippen LogP contribution in [0.3, 0.4) is 0 Å². The number of para-hydroxylation sites is 1. The molecule has 0 aliphatic carbocycles. The van der Waals surface area contributed by atoms with Gasteiger partial charge in [0, 0.05) is 78.5 Å². The Bertz CT molecular complexity index is 2350. The number of rotatable bonds is 7. The van der Waals surface area contributed by atoms with Crippen molar-refractivity contribution >= 4 is 33.5 Å². The van der Waals surface area contributed by atoms with Crippen LogP contribution in [0.25, 0.3) is 38.7 Å². The maximum absolute atomic E-state index is 6.33. The van der Waals surface area contributed by atoms with Crippen molar-refractivity contribution in [3.8, 4) is 39.4 Å². The van der Waals surface area contributed by atoms with E-state index in [0.29, 0.717) is 11.5 Å². The van der Waals surface area contributed by atoms with Gasteiger partial charge >= 0.3 is 0 Å². The molecule has 0 N–H and O–H groups in total. The van der Waals surface area contributed by atoms with Gasteiger partial charge < -0.3 is 14.5 Å². The van der Waals surface area contributed by atoms with Gasteiger partial charge in [0.05, 0.1) is 0 Å². The fourth-order valence-corrected chi connectivity index (χ4v) is 6.59. The molecule has 5 nitrogen and oxygen atoms in total. The molecule has 0 saturated heterocycles. The van der Waals surface area contributed by atoms with E-state index in [1.807, 2.05) is 42.6 Å². The molecule has 244 valence electrons. The number of hydrogen-bond donors (Lipinski definition) is 0. The van der Waals surface area contributed by atoms with E-state index in [4.69, 9.17) is 4.74 Å². The molecule has 0 fully saturated rings. The van der Waals surface area contributed by atoms with Gasteiger partial charge in [-0.1, -0.05) is 109 Å². The second-order valence-corrected chi connectivity index (χ2v) is 11.8. The van der Waals surface area contributed by atoms with E-state index in [1.165, 1.54) is 5.39 Å². The second-order valence-electron chi connectivity index (χ2n) is 11.8. The third kappa shape index (κ3) is 5.76. The van der Waals surface area contributed by atoms with Crippen LogP contribution in [-0.2, 0) is 21.1 Å². The fourth-order valence-electron chi connectivity index (χ4n) is 6.59. The van der Waals surface area contributed by atoms with Crippen LogP contribution in [0.15, 0.2) is 170 Å². The predicted octanol–water partition coefficient (Wildman–Crippen LogP) is 11.2. The summed E-state index contributed by atoms with van der Waals surface area (Å²) in [4.78, 5) is 4.56.